The second-order valence-corrected chi connectivity index (χ2v) is 2.34. The Morgan fingerprint density at radius 3 is 2.67 bits per heavy atom. The molecule has 0 spiro atoms. The van der Waals surface area contributed by atoms with E-state index in [-0.39, 0.29) is 6.42 Å². The third-order valence-electron chi connectivity index (χ3n) is 1.09. The molecule has 0 aromatic rings. The van der Waals surface area contributed by atoms with Crippen molar-refractivity contribution in [1.82, 2.24) is 5.32 Å². The molecule has 1 amide bonds. The lowest BCUT2D eigenvalue weighted by molar-refractivity contribution is -0.119. The molecule has 5 heteroatoms. The Morgan fingerprint density at radius 2 is 2.33 bits per heavy atom. The van der Waals surface area contributed by atoms with Crippen LogP contribution >= 0.6 is 11.6 Å². The van der Waals surface area contributed by atoms with Gasteiger partial charge in [-0.1, -0.05) is 6.08 Å². The van der Waals surface area contributed by atoms with E-state index in [0.717, 1.165) is 0 Å². The number of amides is 1. The first-order chi connectivity index (χ1) is 5.61. The van der Waals surface area contributed by atoms with Crippen LogP contribution in [0.25, 0.3) is 0 Å². The quantitative estimate of drug-likeness (QED) is 0.534. The van der Waals surface area contributed by atoms with Gasteiger partial charge in [-0.2, -0.15) is 0 Å². The van der Waals surface area contributed by atoms with Gasteiger partial charge in [0.1, 0.15) is 0 Å². The molecule has 0 saturated heterocycles. The highest BCUT2D eigenvalue weighted by Crippen LogP contribution is 2.03. The summed E-state index contributed by atoms with van der Waals surface area (Å²) in [5, 5.41) is 1.49. The van der Waals surface area contributed by atoms with Crippen LogP contribution in [0.1, 0.15) is 6.42 Å². The summed E-state index contributed by atoms with van der Waals surface area (Å²) in [6.07, 6.45) is 0.0452. The molecule has 0 bridgehead atoms. The summed E-state index contributed by atoms with van der Waals surface area (Å²) in [6.45, 7) is 3.39. The molecule has 0 fully saturated rings. The normalized spacial score (nSPS) is 11.5. The summed E-state index contributed by atoms with van der Waals surface area (Å²) in [7, 11) is 1.39. The number of nitrogens with one attached hydrogen (secondary N) is 1. The van der Waals surface area contributed by atoms with E-state index in [2.05, 4.69) is 16.6 Å². The molecule has 0 heterocycles. The van der Waals surface area contributed by atoms with Crippen LogP contribution in [0.5, 0.6) is 0 Å². The molecule has 1 N–H and O–H groups in total. The minimum atomic E-state index is -0.941. The fourth-order valence-electron chi connectivity index (χ4n) is 0.527. The van der Waals surface area contributed by atoms with Gasteiger partial charge in [0.15, 0.2) is 6.10 Å². The Morgan fingerprint density at radius 1 is 1.75 bits per heavy atom. The lowest BCUT2D eigenvalue weighted by Gasteiger charge is -2.10. The Hall–Kier alpha value is -1.03. The largest absolute Gasteiger partial charge is 0.436 e. The zero-order chi connectivity index (χ0) is 9.56. The predicted octanol–water partition coefficient (Wildman–Crippen LogP) is 1.05. The van der Waals surface area contributed by atoms with Crippen molar-refractivity contribution in [2.45, 2.75) is 12.5 Å². The van der Waals surface area contributed by atoms with Crippen molar-refractivity contribution in [3.63, 3.8) is 0 Å². The number of carbonyl (C=O) groups excluding carboxylic acids is 2. The fourth-order valence-corrected chi connectivity index (χ4v) is 0.660. The topological polar surface area (TPSA) is 55.4 Å². The van der Waals surface area contributed by atoms with Crippen LogP contribution < -0.4 is 5.32 Å². The Labute approximate surface area is 75.5 Å². The molecule has 0 aliphatic carbocycles. The number of rotatable bonds is 4. The molecule has 0 aliphatic heterocycles. The first-order valence-corrected chi connectivity index (χ1v) is 3.68. The molecule has 0 aromatic carbocycles. The smallest absolute Gasteiger partial charge is 0.407 e. The van der Waals surface area contributed by atoms with Gasteiger partial charge in [0.05, 0.1) is 0 Å². The summed E-state index contributed by atoms with van der Waals surface area (Å²) in [5.74, 6) is 0. The van der Waals surface area contributed by atoms with E-state index in [0.29, 0.717) is 0 Å². The molecule has 68 valence electrons. The second-order valence-electron chi connectivity index (χ2n) is 1.97. The molecule has 0 rings (SSSR count). The maximum absolute atomic E-state index is 10.6. The van der Waals surface area contributed by atoms with Gasteiger partial charge >= 0.3 is 6.09 Å². The van der Waals surface area contributed by atoms with E-state index in [1.165, 1.54) is 13.1 Å². The average molecular weight is 192 g/mol. The number of halogens is 1. The number of alkyl carbamates (subject to hydrolysis) is 1. The van der Waals surface area contributed by atoms with E-state index in [1.54, 1.807) is 0 Å². The maximum atomic E-state index is 10.6. The molecule has 0 saturated carbocycles. The van der Waals surface area contributed by atoms with Gasteiger partial charge < -0.3 is 10.1 Å². The monoisotopic (exact) mass is 191 g/mol. The summed E-state index contributed by atoms with van der Waals surface area (Å²) in [4.78, 5) is 21.2. The first kappa shape index (κ1) is 11.0. The Bertz CT molecular complexity index is 193. The van der Waals surface area contributed by atoms with Crippen LogP contribution in [-0.2, 0) is 9.53 Å². The van der Waals surface area contributed by atoms with Gasteiger partial charge in [0, 0.05) is 13.5 Å². The van der Waals surface area contributed by atoms with Crippen molar-refractivity contribution < 1.29 is 14.3 Å². The van der Waals surface area contributed by atoms with Crippen LogP contribution in [0, 0.1) is 0 Å². The van der Waals surface area contributed by atoms with Crippen LogP contribution in [0.15, 0.2) is 12.7 Å². The Kier molecular flexibility index (Phi) is 5.12. The van der Waals surface area contributed by atoms with Crippen molar-refractivity contribution in [3.05, 3.63) is 12.7 Å². The molecular formula is C7H10ClNO3. The molecule has 1 atom stereocenters. The number of hydrogen-bond donors (Lipinski definition) is 1. The summed E-state index contributed by atoms with van der Waals surface area (Å²) in [6, 6.07) is 0. The zero-order valence-electron chi connectivity index (χ0n) is 6.67. The van der Waals surface area contributed by atoms with E-state index in [1.807, 2.05) is 0 Å². The lowest BCUT2D eigenvalue weighted by Crippen LogP contribution is -2.29. The third kappa shape index (κ3) is 3.98. The summed E-state index contributed by atoms with van der Waals surface area (Å²) >= 11 is 5.13. The van der Waals surface area contributed by atoms with Gasteiger partial charge in [-0.3, -0.25) is 4.79 Å². The van der Waals surface area contributed by atoms with Gasteiger partial charge in [-0.15, -0.1) is 6.58 Å². The molecule has 12 heavy (non-hydrogen) atoms. The predicted molar refractivity (Wildman–Crippen MR) is 45.0 cm³/mol. The SMILES string of the molecule is C=CC[C@H](OC(=O)NC)C(=O)Cl. The number of carbonyl (C=O) groups is 2. The highest BCUT2D eigenvalue weighted by atomic mass is 35.5. The standard InChI is InChI=1S/C7H10ClNO3/c1-3-4-5(6(8)10)12-7(11)9-2/h3,5H,1,4H2,2H3,(H,9,11)/t5-/m0/s1. The maximum Gasteiger partial charge on any atom is 0.407 e. The minimum Gasteiger partial charge on any atom is -0.436 e. The molecule has 0 radical (unpaired) electrons. The highest BCUT2D eigenvalue weighted by molar-refractivity contribution is 6.64. The van der Waals surface area contributed by atoms with Crippen LogP contribution in [0.3, 0.4) is 0 Å². The van der Waals surface area contributed by atoms with Crippen molar-refractivity contribution in [3.8, 4) is 0 Å². The van der Waals surface area contributed by atoms with Crippen molar-refractivity contribution >= 4 is 22.9 Å². The number of hydrogen-bond acceptors (Lipinski definition) is 3. The Balaban J connectivity index is 4.03. The van der Waals surface area contributed by atoms with Crippen LogP contribution in [0.2, 0.25) is 0 Å². The molecule has 4 nitrogen and oxygen atoms in total. The van der Waals surface area contributed by atoms with E-state index >= 15 is 0 Å². The second kappa shape index (κ2) is 5.60. The number of ether oxygens (including phenoxy) is 1. The fraction of sp³-hybridized carbons (Fsp3) is 0.429. The summed E-state index contributed by atoms with van der Waals surface area (Å²) < 4.78 is 4.60. The van der Waals surface area contributed by atoms with Crippen molar-refractivity contribution in [2.75, 3.05) is 7.05 Å². The minimum absolute atomic E-state index is 0.218. The average Bonchev–Trinajstić information content (AvgIpc) is 2.03. The third-order valence-corrected chi connectivity index (χ3v) is 1.33. The lowest BCUT2D eigenvalue weighted by atomic mass is 10.3. The van der Waals surface area contributed by atoms with Crippen molar-refractivity contribution in [1.29, 1.82) is 0 Å². The zero-order valence-corrected chi connectivity index (χ0v) is 7.43. The molecule has 0 aliphatic rings. The van der Waals surface area contributed by atoms with E-state index in [4.69, 9.17) is 11.6 Å². The van der Waals surface area contributed by atoms with Gasteiger partial charge in [-0.05, 0) is 11.6 Å². The van der Waals surface area contributed by atoms with Crippen LogP contribution in [0.4, 0.5) is 4.79 Å². The van der Waals surface area contributed by atoms with Crippen LogP contribution in [-0.4, -0.2) is 24.5 Å². The van der Waals surface area contributed by atoms with Gasteiger partial charge in [0.2, 0.25) is 0 Å². The molecule has 0 aromatic heterocycles. The van der Waals surface area contributed by atoms with Gasteiger partial charge in [0.25, 0.3) is 5.24 Å². The molecular weight excluding hydrogens is 182 g/mol. The highest BCUT2D eigenvalue weighted by Gasteiger charge is 2.18. The van der Waals surface area contributed by atoms with E-state index in [9.17, 15) is 9.59 Å². The first-order valence-electron chi connectivity index (χ1n) is 3.30. The molecule has 0 unspecified atom stereocenters. The van der Waals surface area contributed by atoms with E-state index < -0.39 is 17.4 Å². The van der Waals surface area contributed by atoms with Gasteiger partial charge in [-0.25, -0.2) is 4.79 Å². The summed E-state index contributed by atoms with van der Waals surface area (Å²) in [5.41, 5.74) is 0. The van der Waals surface area contributed by atoms with Crippen molar-refractivity contribution in [2.24, 2.45) is 0 Å².